The summed E-state index contributed by atoms with van der Waals surface area (Å²) in [5.74, 6) is -1.65. The first-order valence-corrected chi connectivity index (χ1v) is 7.21. The first-order valence-electron chi connectivity index (χ1n) is 6.41. The van der Waals surface area contributed by atoms with Crippen molar-refractivity contribution in [2.24, 2.45) is 0 Å². The summed E-state index contributed by atoms with van der Waals surface area (Å²) < 4.78 is 13.8. The molecule has 1 aromatic heterocycles. The molecule has 0 spiro atoms. The molecule has 0 fully saturated rings. The third-order valence-electron chi connectivity index (χ3n) is 2.86. The number of hydrogen-bond donors (Lipinski definition) is 2. The molecule has 2 N–H and O–H groups in total. The van der Waals surface area contributed by atoms with Crippen LogP contribution in [0.4, 0.5) is 10.1 Å². The Kier molecular flexibility index (Phi) is 5.21. The summed E-state index contributed by atoms with van der Waals surface area (Å²) in [7, 11) is 0. The Balaban J connectivity index is 1.91. The van der Waals surface area contributed by atoms with Crippen LogP contribution in [0.3, 0.4) is 0 Å². The standard InChI is InChI=1S/C15H13BrFN3O2/c1-9-6-11(16)2-3-12(9)20-14(21)8-19-15(22)10-4-5-18-13(17)7-10/h2-7H,8H2,1H3,(H,19,22)(H,20,21). The molecular formula is C15H13BrFN3O2. The molecule has 0 saturated carbocycles. The van der Waals surface area contributed by atoms with E-state index in [0.29, 0.717) is 5.69 Å². The van der Waals surface area contributed by atoms with E-state index in [1.807, 2.05) is 13.0 Å². The summed E-state index contributed by atoms with van der Waals surface area (Å²) in [4.78, 5) is 27.0. The van der Waals surface area contributed by atoms with Gasteiger partial charge in [-0.05, 0) is 36.8 Å². The molecule has 0 bridgehead atoms. The molecule has 0 radical (unpaired) electrons. The lowest BCUT2D eigenvalue weighted by molar-refractivity contribution is -0.115. The van der Waals surface area contributed by atoms with Crippen LogP contribution in [0.5, 0.6) is 0 Å². The fourth-order valence-corrected chi connectivity index (χ4v) is 2.24. The van der Waals surface area contributed by atoms with E-state index in [-0.39, 0.29) is 18.0 Å². The van der Waals surface area contributed by atoms with E-state index in [4.69, 9.17) is 0 Å². The van der Waals surface area contributed by atoms with Gasteiger partial charge in [-0.25, -0.2) is 4.98 Å². The Morgan fingerprint density at radius 1 is 1.27 bits per heavy atom. The highest BCUT2D eigenvalue weighted by molar-refractivity contribution is 9.10. The van der Waals surface area contributed by atoms with E-state index >= 15 is 0 Å². The summed E-state index contributed by atoms with van der Waals surface area (Å²) in [6.07, 6.45) is 1.19. The van der Waals surface area contributed by atoms with Crippen molar-refractivity contribution in [1.82, 2.24) is 10.3 Å². The first kappa shape index (κ1) is 16.1. The quantitative estimate of drug-likeness (QED) is 0.818. The minimum Gasteiger partial charge on any atom is -0.343 e. The summed E-state index contributed by atoms with van der Waals surface area (Å²) in [6, 6.07) is 7.81. The number of carbonyl (C=O) groups excluding carboxylic acids is 2. The van der Waals surface area contributed by atoms with E-state index in [1.165, 1.54) is 12.3 Å². The SMILES string of the molecule is Cc1cc(Br)ccc1NC(=O)CNC(=O)c1ccnc(F)c1. The van der Waals surface area contributed by atoms with Gasteiger partial charge in [0, 0.05) is 28.0 Å². The van der Waals surface area contributed by atoms with Gasteiger partial charge >= 0.3 is 0 Å². The Bertz CT molecular complexity index is 722. The number of hydrogen-bond acceptors (Lipinski definition) is 3. The minimum absolute atomic E-state index is 0.111. The molecule has 114 valence electrons. The third-order valence-corrected chi connectivity index (χ3v) is 3.35. The van der Waals surface area contributed by atoms with Crippen molar-refractivity contribution in [2.75, 3.05) is 11.9 Å². The summed E-state index contributed by atoms with van der Waals surface area (Å²) in [5, 5.41) is 5.12. The van der Waals surface area contributed by atoms with Crippen LogP contribution in [-0.2, 0) is 4.79 Å². The van der Waals surface area contributed by atoms with Gasteiger partial charge in [-0.2, -0.15) is 4.39 Å². The highest BCUT2D eigenvalue weighted by Gasteiger charge is 2.10. The average molecular weight is 366 g/mol. The number of amides is 2. The topological polar surface area (TPSA) is 71.1 Å². The van der Waals surface area contributed by atoms with Crippen molar-refractivity contribution in [1.29, 1.82) is 0 Å². The van der Waals surface area contributed by atoms with Crippen molar-refractivity contribution >= 4 is 33.4 Å². The maximum absolute atomic E-state index is 12.9. The monoisotopic (exact) mass is 365 g/mol. The maximum Gasteiger partial charge on any atom is 0.251 e. The molecule has 0 aliphatic rings. The molecule has 7 heteroatoms. The van der Waals surface area contributed by atoms with Crippen LogP contribution in [0.2, 0.25) is 0 Å². The zero-order valence-corrected chi connectivity index (χ0v) is 13.3. The molecule has 0 unspecified atom stereocenters. The Morgan fingerprint density at radius 3 is 2.73 bits per heavy atom. The molecule has 0 aliphatic heterocycles. The number of aryl methyl sites for hydroxylation is 1. The highest BCUT2D eigenvalue weighted by Crippen LogP contribution is 2.19. The summed E-state index contributed by atoms with van der Waals surface area (Å²) in [5.41, 5.74) is 1.67. The zero-order chi connectivity index (χ0) is 16.1. The Morgan fingerprint density at radius 2 is 2.05 bits per heavy atom. The lowest BCUT2D eigenvalue weighted by Crippen LogP contribution is -2.33. The molecule has 2 aromatic rings. The van der Waals surface area contributed by atoms with Gasteiger partial charge < -0.3 is 10.6 Å². The Labute approximate surface area is 135 Å². The molecule has 0 atom stereocenters. The number of anilines is 1. The number of pyridine rings is 1. The lowest BCUT2D eigenvalue weighted by atomic mass is 10.2. The smallest absolute Gasteiger partial charge is 0.251 e. The van der Waals surface area contributed by atoms with Crippen molar-refractivity contribution < 1.29 is 14.0 Å². The molecule has 22 heavy (non-hydrogen) atoms. The van der Waals surface area contributed by atoms with Gasteiger partial charge in [0.25, 0.3) is 5.91 Å². The average Bonchev–Trinajstić information content (AvgIpc) is 2.47. The molecular weight excluding hydrogens is 353 g/mol. The second-order valence-corrected chi connectivity index (χ2v) is 5.47. The van der Waals surface area contributed by atoms with Gasteiger partial charge in [0.15, 0.2) is 0 Å². The normalized spacial score (nSPS) is 10.1. The Hall–Kier alpha value is -2.28. The maximum atomic E-state index is 12.9. The largest absolute Gasteiger partial charge is 0.343 e. The zero-order valence-electron chi connectivity index (χ0n) is 11.7. The number of benzene rings is 1. The minimum atomic E-state index is -0.748. The number of halogens is 2. The number of aromatic nitrogens is 1. The molecule has 0 saturated heterocycles. The number of carbonyl (C=O) groups is 2. The van der Waals surface area contributed by atoms with Crippen LogP contribution in [0.15, 0.2) is 41.0 Å². The van der Waals surface area contributed by atoms with Gasteiger partial charge in [-0.15, -0.1) is 0 Å². The van der Waals surface area contributed by atoms with Crippen molar-refractivity contribution in [3.8, 4) is 0 Å². The first-order chi connectivity index (χ1) is 10.5. The van der Waals surface area contributed by atoms with Gasteiger partial charge in [0.05, 0.1) is 6.54 Å². The highest BCUT2D eigenvalue weighted by atomic mass is 79.9. The van der Waals surface area contributed by atoms with Gasteiger partial charge in [0.2, 0.25) is 11.9 Å². The number of nitrogens with one attached hydrogen (secondary N) is 2. The van der Waals surface area contributed by atoms with Crippen molar-refractivity contribution in [2.45, 2.75) is 6.92 Å². The fourth-order valence-electron chi connectivity index (χ4n) is 1.77. The van der Waals surface area contributed by atoms with Gasteiger partial charge in [0.1, 0.15) is 0 Å². The summed E-state index contributed by atoms with van der Waals surface area (Å²) >= 11 is 3.34. The molecule has 1 heterocycles. The van der Waals surface area contributed by atoms with Crippen LogP contribution in [0.25, 0.3) is 0 Å². The molecule has 0 aliphatic carbocycles. The van der Waals surface area contributed by atoms with E-state index in [9.17, 15) is 14.0 Å². The molecule has 1 aromatic carbocycles. The van der Waals surface area contributed by atoms with Crippen LogP contribution < -0.4 is 10.6 Å². The van der Waals surface area contributed by atoms with Crippen LogP contribution in [0, 0.1) is 12.9 Å². The lowest BCUT2D eigenvalue weighted by Gasteiger charge is -2.09. The van der Waals surface area contributed by atoms with Crippen LogP contribution >= 0.6 is 15.9 Å². The third kappa shape index (κ3) is 4.36. The van der Waals surface area contributed by atoms with Crippen molar-refractivity contribution in [3.63, 3.8) is 0 Å². The molecule has 5 nitrogen and oxygen atoms in total. The number of nitrogens with zero attached hydrogens (tertiary/aromatic N) is 1. The van der Waals surface area contributed by atoms with E-state index in [0.717, 1.165) is 16.1 Å². The van der Waals surface area contributed by atoms with Crippen LogP contribution in [0.1, 0.15) is 15.9 Å². The van der Waals surface area contributed by atoms with Gasteiger partial charge in [-0.3, -0.25) is 9.59 Å². The second-order valence-electron chi connectivity index (χ2n) is 4.56. The van der Waals surface area contributed by atoms with Crippen LogP contribution in [-0.4, -0.2) is 23.3 Å². The van der Waals surface area contributed by atoms with Gasteiger partial charge in [-0.1, -0.05) is 15.9 Å². The summed E-state index contributed by atoms with van der Waals surface area (Å²) in [6.45, 7) is 1.65. The predicted molar refractivity (Wildman–Crippen MR) is 84.0 cm³/mol. The van der Waals surface area contributed by atoms with E-state index < -0.39 is 11.9 Å². The van der Waals surface area contributed by atoms with Crippen molar-refractivity contribution in [3.05, 3.63) is 58.1 Å². The molecule has 2 rings (SSSR count). The van der Waals surface area contributed by atoms with E-state index in [1.54, 1.807) is 12.1 Å². The number of rotatable bonds is 4. The molecule has 2 amide bonds. The van der Waals surface area contributed by atoms with E-state index in [2.05, 4.69) is 31.5 Å². The fraction of sp³-hybridized carbons (Fsp3) is 0.133. The second kappa shape index (κ2) is 7.13. The predicted octanol–water partition coefficient (Wildman–Crippen LogP) is 2.66.